The molecule has 3 heterocycles. The van der Waals surface area contributed by atoms with Crippen LogP contribution in [0, 0.1) is 5.82 Å². The van der Waals surface area contributed by atoms with Gasteiger partial charge in [0, 0.05) is 44.1 Å². The molecule has 0 aliphatic carbocycles. The van der Waals surface area contributed by atoms with Gasteiger partial charge in [-0.25, -0.2) is 19.2 Å². The number of halogens is 1. The maximum Gasteiger partial charge on any atom is 0.437 e. The summed E-state index contributed by atoms with van der Waals surface area (Å²) in [4.78, 5) is 48.9. The lowest BCUT2D eigenvalue weighted by molar-refractivity contribution is -0.160. The number of amides is 1. The highest BCUT2D eigenvalue weighted by molar-refractivity contribution is 5.83. The first kappa shape index (κ1) is 22.1. The Balaban J connectivity index is 1.30. The summed E-state index contributed by atoms with van der Waals surface area (Å²) in [6, 6.07) is 6.92. The number of hydrogen-bond donors (Lipinski definition) is 0. The van der Waals surface area contributed by atoms with Gasteiger partial charge in [-0.1, -0.05) is 0 Å². The average molecular weight is 456 g/mol. The van der Waals surface area contributed by atoms with Gasteiger partial charge < -0.3 is 19.0 Å². The zero-order valence-electron chi connectivity index (χ0n) is 17.8. The number of aromatic nitrogens is 4. The number of esters is 1. The molecule has 1 saturated heterocycles. The lowest BCUT2D eigenvalue weighted by Gasteiger charge is -2.35. The number of benzene rings is 1. The van der Waals surface area contributed by atoms with Gasteiger partial charge in [-0.05, 0) is 37.3 Å². The van der Waals surface area contributed by atoms with Crippen LogP contribution in [0.5, 0.6) is 0 Å². The van der Waals surface area contributed by atoms with Crippen LogP contribution in [0.2, 0.25) is 0 Å². The molecule has 33 heavy (non-hydrogen) atoms. The van der Waals surface area contributed by atoms with Gasteiger partial charge in [0.2, 0.25) is 11.8 Å². The summed E-state index contributed by atoms with van der Waals surface area (Å²) in [5, 5.41) is 3.93. The SMILES string of the molecule is CC(OC(=O)Cn1nc(-c2ccc(F)cc2)oc1=O)C(=O)N1CCN(c2ncccn2)CC1. The minimum atomic E-state index is -1.03. The molecule has 4 rings (SSSR count). The van der Waals surface area contributed by atoms with Crippen LogP contribution >= 0.6 is 0 Å². The molecule has 1 atom stereocenters. The van der Waals surface area contributed by atoms with Gasteiger partial charge in [-0.3, -0.25) is 9.59 Å². The van der Waals surface area contributed by atoms with Crippen LogP contribution in [0.1, 0.15) is 6.92 Å². The Hall–Kier alpha value is -4.09. The second kappa shape index (κ2) is 9.59. The molecule has 172 valence electrons. The quantitative estimate of drug-likeness (QED) is 0.493. The number of rotatable bonds is 6. The molecule has 12 heteroatoms. The van der Waals surface area contributed by atoms with Crippen LogP contribution in [-0.2, 0) is 20.9 Å². The van der Waals surface area contributed by atoms with Crippen molar-refractivity contribution >= 4 is 17.8 Å². The van der Waals surface area contributed by atoms with Gasteiger partial charge in [-0.2, -0.15) is 4.68 Å². The lowest BCUT2D eigenvalue weighted by Crippen LogP contribution is -2.52. The van der Waals surface area contributed by atoms with Crippen molar-refractivity contribution in [2.24, 2.45) is 0 Å². The average Bonchev–Trinajstić information content (AvgIpc) is 3.19. The summed E-state index contributed by atoms with van der Waals surface area (Å²) in [6.45, 7) is 2.92. The predicted octanol–water partition coefficient (Wildman–Crippen LogP) is 0.713. The van der Waals surface area contributed by atoms with Crippen molar-refractivity contribution in [1.29, 1.82) is 0 Å². The fourth-order valence-corrected chi connectivity index (χ4v) is 3.36. The molecule has 1 aromatic carbocycles. The Kier molecular flexibility index (Phi) is 6.43. The van der Waals surface area contributed by atoms with E-state index in [0.717, 1.165) is 4.68 Å². The third kappa shape index (κ3) is 5.22. The van der Waals surface area contributed by atoms with Crippen LogP contribution in [0.3, 0.4) is 0 Å². The van der Waals surface area contributed by atoms with E-state index in [2.05, 4.69) is 15.1 Å². The van der Waals surface area contributed by atoms with Gasteiger partial charge in [0.25, 0.3) is 5.91 Å². The number of ether oxygens (including phenoxy) is 1. The van der Waals surface area contributed by atoms with Crippen molar-refractivity contribution < 1.29 is 23.1 Å². The molecule has 0 bridgehead atoms. The van der Waals surface area contributed by atoms with Crippen LogP contribution in [0.15, 0.2) is 51.9 Å². The standard InChI is InChI=1S/C21H21FN6O5/c1-14(19(30)26-9-11-27(12-10-26)20-23-7-2-8-24-20)32-17(29)13-28-21(31)33-18(25-28)15-3-5-16(22)6-4-15/h2-8,14H,9-13H2,1H3. The maximum atomic E-state index is 13.1. The smallest absolute Gasteiger partial charge is 0.437 e. The van der Waals surface area contributed by atoms with Crippen LogP contribution in [0.25, 0.3) is 11.5 Å². The van der Waals surface area contributed by atoms with Crippen molar-refractivity contribution in [3.8, 4) is 11.5 Å². The van der Waals surface area contributed by atoms with Crippen molar-refractivity contribution in [3.05, 3.63) is 59.1 Å². The fraction of sp³-hybridized carbons (Fsp3) is 0.333. The first-order chi connectivity index (χ1) is 15.9. The molecule has 1 fully saturated rings. The van der Waals surface area contributed by atoms with Crippen molar-refractivity contribution in [2.75, 3.05) is 31.1 Å². The zero-order valence-corrected chi connectivity index (χ0v) is 17.8. The molecule has 1 unspecified atom stereocenters. The highest BCUT2D eigenvalue weighted by Gasteiger charge is 2.28. The second-order valence-corrected chi connectivity index (χ2v) is 7.33. The Morgan fingerprint density at radius 1 is 1.12 bits per heavy atom. The molecule has 3 aromatic rings. The first-order valence-electron chi connectivity index (χ1n) is 10.2. The molecule has 1 aliphatic heterocycles. The maximum absolute atomic E-state index is 13.1. The van der Waals surface area contributed by atoms with Crippen LogP contribution in [0.4, 0.5) is 10.3 Å². The fourth-order valence-electron chi connectivity index (χ4n) is 3.36. The minimum absolute atomic E-state index is 0.0582. The number of piperazine rings is 1. The van der Waals surface area contributed by atoms with Crippen LogP contribution < -0.4 is 10.7 Å². The minimum Gasteiger partial charge on any atom is -0.451 e. The monoisotopic (exact) mass is 456 g/mol. The number of carbonyl (C=O) groups is 2. The van der Waals surface area contributed by atoms with E-state index in [4.69, 9.17) is 9.15 Å². The Morgan fingerprint density at radius 2 is 1.79 bits per heavy atom. The number of hydrogen-bond acceptors (Lipinski definition) is 9. The topological polar surface area (TPSA) is 124 Å². The first-order valence-corrected chi connectivity index (χ1v) is 10.2. The molecule has 0 radical (unpaired) electrons. The van der Waals surface area contributed by atoms with Gasteiger partial charge in [0.05, 0.1) is 0 Å². The number of carbonyl (C=O) groups excluding carboxylic acids is 2. The number of anilines is 1. The van der Waals surface area contributed by atoms with Gasteiger partial charge in [-0.15, -0.1) is 5.10 Å². The molecule has 2 aromatic heterocycles. The molecule has 0 saturated carbocycles. The third-order valence-electron chi connectivity index (χ3n) is 5.06. The largest absolute Gasteiger partial charge is 0.451 e. The number of nitrogens with zero attached hydrogens (tertiary/aromatic N) is 6. The Morgan fingerprint density at radius 3 is 2.45 bits per heavy atom. The van der Waals surface area contributed by atoms with E-state index in [1.54, 1.807) is 23.4 Å². The van der Waals surface area contributed by atoms with Crippen LogP contribution in [-0.4, -0.2) is 68.8 Å². The predicted molar refractivity (Wildman–Crippen MR) is 113 cm³/mol. The highest BCUT2D eigenvalue weighted by Crippen LogP contribution is 2.16. The summed E-state index contributed by atoms with van der Waals surface area (Å²) in [5.74, 6) is -1.92. The summed E-state index contributed by atoms with van der Waals surface area (Å²) in [5.41, 5.74) is 0.379. The highest BCUT2D eigenvalue weighted by atomic mass is 19.1. The summed E-state index contributed by atoms with van der Waals surface area (Å²) in [6.07, 6.45) is 2.28. The Bertz CT molecular complexity index is 1170. The zero-order chi connectivity index (χ0) is 23.4. The third-order valence-corrected chi connectivity index (χ3v) is 5.06. The van der Waals surface area contributed by atoms with Gasteiger partial charge in [0.1, 0.15) is 12.4 Å². The molecule has 11 nitrogen and oxygen atoms in total. The van der Waals surface area contributed by atoms with E-state index in [-0.39, 0.29) is 11.8 Å². The lowest BCUT2D eigenvalue weighted by atomic mass is 10.2. The van der Waals surface area contributed by atoms with Crippen molar-refractivity contribution in [2.45, 2.75) is 19.6 Å². The molecule has 0 spiro atoms. The van der Waals surface area contributed by atoms with Crippen molar-refractivity contribution in [1.82, 2.24) is 24.6 Å². The summed E-state index contributed by atoms with van der Waals surface area (Å²) in [7, 11) is 0. The van der Waals surface area contributed by atoms with E-state index in [1.807, 2.05) is 4.90 Å². The van der Waals surface area contributed by atoms with E-state index in [9.17, 15) is 18.8 Å². The molecule has 1 aliphatic rings. The Labute approximate surface area is 187 Å². The van der Waals surface area contributed by atoms with Crippen molar-refractivity contribution in [3.63, 3.8) is 0 Å². The van der Waals surface area contributed by atoms with Gasteiger partial charge >= 0.3 is 11.7 Å². The van der Waals surface area contributed by atoms with E-state index >= 15 is 0 Å². The normalized spacial score (nSPS) is 14.7. The molecular weight excluding hydrogens is 435 g/mol. The summed E-state index contributed by atoms with van der Waals surface area (Å²) < 4.78 is 24.1. The van der Waals surface area contributed by atoms with E-state index < -0.39 is 30.2 Å². The molecule has 1 amide bonds. The van der Waals surface area contributed by atoms with Gasteiger partial charge in [0.15, 0.2) is 6.10 Å². The van der Waals surface area contributed by atoms with E-state index in [1.165, 1.54) is 31.2 Å². The molecular formula is C21H21FN6O5. The second-order valence-electron chi connectivity index (χ2n) is 7.33. The van der Waals surface area contributed by atoms with E-state index in [0.29, 0.717) is 37.7 Å². The molecule has 0 N–H and O–H groups in total. The summed E-state index contributed by atoms with van der Waals surface area (Å²) >= 11 is 0.